The summed E-state index contributed by atoms with van der Waals surface area (Å²) in [6, 6.07) is 5.99. The van der Waals surface area contributed by atoms with E-state index in [2.05, 4.69) is 35.0 Å². The zero-order valence-corrected chi connectivity index (χ0v) is 10.7. The van der Waals surface area contributed by atoms with Crippen LogP contribution in [0.25, 0.3) is 5.57 Å². The monoisotopic (exact) mass is 269 g/mol. The first-order valence-corrected chi connectivity index (χ1v) is 5.69. The molecule has 0 saturated carbocycles. The van der Waals surface area contributed by atoms with Crippen LogP contribution in [0.2, 0.25) is 0 Å². The van der Waals surface area contributed by atoms with Gasteiger partial charge in [0.2, 0.25) is 0 Å². The van der Waals surface area contributed by atoms with Crippen molar-refractivity contribution in [3.63, 3.8) is 0 Å². The predicted octanol–water partition coefficient (Wildman–Crippen LogP) is 3.21. The molecule has 82 valence electrons. The molecular formula is C12H16BrNO. The summed E-state index contributed by atoms with van der Waals surface area (Å²) in [5, 5.41) is 0. The third-order valence-corrected chi connectivity index (χ3v) is 2.70. The van der Waals surface area contributed by atoms with Gasteiger partial charge < -0.3 is 10.5 Å². The third-order valence-electron chi connectivity index (χ3n) is 2.20. The maximum atomic E-state index is 5.47. The van der Waals surface area contributed by atoms with Crippen molar-refractivity contribution in [2.45, 2.75) is 13.3 Å². The van der Waals surface area contributed by atoms with Crippen molar-refractivity contribution in [1.29, 1.82) is 0 Å². The number of halogens is 1. The van der Waals surface area contributed by atoms with Gasteiger partial charge in [0.15, 0.2) is 0 Å². The van der Waals surface area contributed by atoms with Gasteiger partial charge in [-0.2, -0.15) is 0 Å². The minimum Gasteiger partial charge on any atom is -0.496 e. The Kier molecular flexibility index (Phi) is 4.85. The number of hydrogen-bond acceptors (Lipinski definition) is 2. The van der Waals surface area contributed by atoms with Crippen molar-refractivity contribution in [2.75, 3.05) is 13.7 Å². The van der Waals surface area contributed by atoms with Crippen LogP contribution in [0.15, 0.2) is 28.7 Å². The molecule has 2 N–H and O–H groups in total. The molecule has 0 spiro atoms. The molecule has 0 aliphatic carbocycles. The van der Waals surface area contributed by atoms with Crippen molar-refractivity contribution in [2.24, 2.45) is 5.73 Å². The highest BCUT2D eigenvalue weighted by molar-refractivity contribution is 9.10. The molecule has 3 heteroatoms. The van der Waals surface area contributed by atoms with Crippen LogP contribution in [0.5, 0.6) is 5.75 Å². The standard InChI is InChI=1S/C12H16BrNO/c1-9(4-3-7-14)11-8-10(13)5-6-12(11)15-2/h4-6,8H,3,7,14H2,1-2H3/b9-4+. The van der Waals surface area contributed by atoms with Crippen molar-refractivity contribution in [3.05, 3.63) is 34.3 Å². The van der Waals surface area contributed by atoms with Gasteiger partial charge in [-0.05, 0) is 43.7 Å². The maximum absolute atomic E-state index is 5.47. The molecule has 0 radical (unpaired) electrons. The van der Waals surface area contributed by atoms with Crippen LogP contribution in [-0.4, -0.2) is 13.7 Å². The van der Waals surface area contributed by atoms with E-state index < -0.39 is 0 Å². The van der Waals surface area contributed by atoms with E-state index >= 15 is 0 Å². The smallest absolute Gasteiger partial charge is 0.126 e. The zero-order chi connectivity index (χ0) is 11.3. The fourth-order valence-electron chi connectivity index (χ4n) is 1.40. The van der Waals surface area contributed by atoms with Gasteiger partial charge in [-0.1, -0.05) is 22.0 Å². The molecule has 0 heterocycles. The fraction of sp³-hybridized carbons (Fsp3) is 0.333. The normalized spacial score (nSPS) is 11.6. The van der Waals surface area contributed by atoms with E-state index in [4.69, 9.17) is 10.5 Å². The number of nitrogens with two attached hydrogens (primary N) is 1. The molecule has 1 rings (SSSR count). The second kappa shape index (κ2) is 5.93. The molecule has 0 saturated heterocycles. The highest BCUT2D eigenvalue weighted by Crippen LogP contribution is 2.29. The van der Waals surface area contributed by atoms with Gasteiger partial charge in [0, 0.05) is 10.0 Å². The molecule has 0 aliphatic rings. The Hall–Kier alpha value is -0.800. The summed E-state index contributed by atoms with van der Waals surface area (Å²) in [5.41, 5.74) is 7.77. The first-order chi connectivity index (χ1) is 7.19. The number of allylic oxidation sites excluding steroid dienone is 1. The Morgan fingerprint density at radius 1 is 1.53 bits per heavy atom. The van der Waals surface area contributed by atoms with E-state index in [-0.39, 0.29) is 0 Å². The van der Waals surface area contributed by atoms with Gasteiger partial charge in [0.05, 0.1) is 7.11 Å². The molecule has 0 aliphatic heterocycles. The Morgan fingerprint density at radius 2 is 2.27 bits per heavy atom. The van der Waals surface area contributed by atoms with Crippen LogP contribution in [0, 0.1) is 0 Å². The molecular weight excluding hydrogens is 254 g/mol. The molecule has 0 bridgehead atoms. The highest BCUT2D eigenvalue weighted by atomic mass is 79.9. The SMILES string of the molecule is COc1ccc(Br)cc1/C(C)=C/CCN. The predicted molar refractivity (Wildman–Crippen MR) is 68.0 cm³/mol. The van der Waals surface area contributed by atoms with E-state index in [1.54, 1.807) is 7.11 Å². The molecule has 1 aromatic carbocycles. The lowest BCUT2D eigenvalue weighted by atomic mass is 10.1. The van der Waals surface area contributed by atoms with Crippen LogP contribution < -0.4 is 10.5 Å². The lowest BCUT2D eigenvalue weighted by Gasteiger charge is -2.09. The van der Waals surface area contributed by atoms with Crippen LogP contribution in [0.4, 0.5) is 0 Å². The first kappa shape index (κ1) is 12.3. The number of benzene rings is 1. The van der Waals surface area contributed by atoms with E-state index in [9.17, 15) is 0 Å². The molecule has 2 nitrogen and oxygen atoms in total. The Bertz CT molecular complexity index is 361. The summed E-state index contributed by atoms with van der Waals surface area (Å²) in [5.74, 6) is 0.893. The Labute approximate surface area is 99.3 Å². The van der Waals surface area contributed by atoms with Crippen molar-refractivity contribution in [1.82, 2.24) is 0 Å². The van der Waals surface area contributed by atoms with Crippen LogP contribution in [-0.2, 0) is 0 Å². The summed E-state index contributed by atoms with van der Waals surface area (Å²) < 4.78 is 6.36. The van der Waals surface area contributed by atoms with Gasteiger partial charge in [0.1, 0.15) is 5.75 Å². The number of hydrogen-bond donors (Lipinski definition) is 1. The van der Waals surface area contributed by atoms with Crippen molar-refractivity contribution < 1.29 is 4.74 Å². The summed E-state index contributed by atoms with van der Waals surface area (Å²) in [4.78, 5) is 0. The number of ether oxygens (including phenoxy) is 1. The van der Waals surface area contributed by atoms with Gasteiger partial charge in [0.25, 0.3) is 0 Å². The molecule has 0 atom stereocenters. The largest absolute Gasteiger partial charge is 0.496 e. The average molecular weight is 270 g/mol. The molecule has 0 aromatic heterocycles. The lowest BCUT2D eigenvalue weighted by Crippen LogP contribution is -1.96. The van der Waals surface area contributed by atoms with Crippen molar-refractivity contribution in [3.8, 4) is 5.75 Å². The summed E-state index contributed by atoms with van der Waals surface area (Å²) in [6.45, 7) is 2.74. The van der Waals surface area contributed by atoms with Gasteiger partial charge >= 0.3 is 0 Å². The number of rotatable bonds is 4. The molecule has 0 fully saturated rings. The van der Waals surface area contributed by atoms with Crippen molar-refractivity contribution >= 4 is 21.5 Å². The number of methoxy groups -OCH3 is 1. The van der Waals surface area contributed by atoms with Gasteiger partial charge in [-0.15, -0.1) is 0 Å². The molecule has 1 aromatic rings. The Morgan fingerprint density at radius 3 is 2.87 bits per heavy atom. The average Bonchev–Trinajstić information content (AvgIpc) is 2.25. The van der Waals surface area contributed by atoms with Gasteiger partial charge in [-0.3, -0.25) is 0 Å². The van der Waals surface area contributed by atoms with Crippen LogP contribution in [0.3, 0.4) is 0 Å². The summed E-state index contributed by atoms with van der Waals surface area (Å²) in [7, 11) is 1.68. The van der Waals surface area contributed by atoms with E-state index in [1.807, 2.05) is 12.1 Å². The summed E-state index contributed by atoms with van der Waals surface area (Å²) >= 11 is 3.45. The minimum atomic E-state index is 0.674. The highest BCUT2D eigenvalue weighted by Gasteiger charge is 2.04. The second-order valence-electron chi connectivity index (χ2n) is 3.31. The second-order valence-corrected chi connectivity index (χ2v) is 4.22. The molecule has 0 amide bonds. The topological polar surface area (TPSA) is 35.2 Å². The lowest BCUT2D eigenvalue weighted by molar-refractivity contribution is 0.413. The molecule has 15 heavy (non-hydrogen) atoms. The summed E-state index contributed by atoms with van der Waals surface area (Å²) in [6.07, 6.45) is 3.02. The molecule has 0 unspecified atom stereocenters. The Balaban J connectivity index is 3.05. The first-order valence-electron chi connectivity index (χ1n) is 4.89. The zero-order valence-electron chi connectivity index (χ0n) is 9.09. The van der Waals surface area contributed by atoms with E-state index in [0.717, 1.165) is 22.2 Å². The van der Waals surface area contributed by atoms with Crippen LogP contribution in [0.1, 0.15) is 18.9 Å². The van der Waals surface area contributed by atoms with E-state index in [1.165, 1.54) is 5.57 Å². The van der Waals surface area contributed by atoms with E-state index in [0.29, 0.717) is 6.54 Å². The quantitative estimate of drug-likeness (QED) is 0.911. The third kappa shape index (κ3) is 3.36. The fourth-order valence-corrected chi connectivity index (χ4v) is 1.76. The van der Waals surface area contributed by atoms with Crippen LogP contribution >= 0.6 is 15.9 Å². The maximum Gasteiger partial charge on any atom is 0.126 e. The van der Waals surface area contributed by atoms with Gasteiger partial charge in [-0.25, -0.2) is 0 Å². The minimum absolute atomic E-state index is 0.674.